The summed E-state index contributed by atoms with van der Waals surface area (Å²) >= 11 is 0. The van der Waals surface area contributed by atoms with E-state index in [0.717, 1.165) is 14.2 Å². The predicted octanol–water partition coefficient (Wildman–Crippen LogP) is -0.325. The summed E-state index contributed by atoms with van der Waals surface area (Å²) in [5.74, 6) is 0. The minimum Gasteiger partial charge on any atom is -0.272 e. The Balaban J connectivity index is 5.18. The van der Waals surface area contributed by atoms with Gasteiger partial charge in [-0.1, -0.05) is 6.92 Å². The molecule has 0 aromatic heterocycles. The minimum absolute atomic E-state index is 0.119. The van der Waals surface area contributed by atoms with Gasteiger partial charge < -0.3 is 0 Å². The smallest absolute Gasteiger partial charge is 0.272 e. The van der Waals surface area contributed by atoms with Gasteiger partial charge in [-0.15, -0.1) is 0 Å². The van der Waals surface area contributed by atoms with Gasteiger partial charge in [-0.25, -0.2) is 0 Å². The van der Waals surface area contributed by atoms with Gasteiger partial charge in [0.2, 0.25) is 4.58 Å². The Morgan fingerprint density at radius 2 is 1.31 bits per heavy atom. The summed E-state index contributed by atoms with van der Waals surface area (Å²) in [6.45, 7) is 1.41. The van der Waals surface area contributed by atoms with Crippen LogP contribution in [0.4, 0.5) is 0 Å². The van der Waals surface area contributed by atoms with Crippen molar-refractivity contribution in [2.75, 3.05) is 14.2 Å². The predicted molar refractivity (Wildman–Crippen MR) is 45.9 cm³/mol. The van der Waals surface area contributed by atoms with Crippen LogP contribution in [0.2, 0.25) is 0 Å². The standard InChI is InChI=1S/C5H12O6S2/c1-4-5(12(6,7)10-2)13(8,9)11-3/h5H,4H2,1-3H3. The van der Waals surface area contributed by atoms with E-state index in [4.69, 9.17) is 0 Å². The molecule has 13 heavy (non-hydrogen) atoms. The van der Waals surface area contributed by atoms with E-state index in [1.807, 2.05) is 0 Å². The zero-order chi connectivity index (χ0) is 10.7. The quantitative estimate of drug-likeness (QED) is 0.603. The van der Waals surface area contributed by atoms with Crippen molar-refractivity contribution in [3.63, 3.8) is 0 Å². The Bertz CT molecular complexity index is 305. The molecule has 0 heterocycles. The molecule has 0 spiro atoms. The fourth-order valence-corrected chi connectivity index (χ4v) is 3.64. The lowest BCUT2D eigenvalue weighted by atomic mass is 10.6. The van der Waals surface area contributed by atoms with Gasteiger partial charge in [-0.05, 0) is 6.42 Å². The van der Waals surface area contributed by atoms with E-state index in [2.05, 4.69) is 8.37 Å². The fourth-order valence-electron chi connectivity index (χ4n) is 0.767. The third-order valence-corrected chi connectivity index (χ3v) is 5.74. The topological polar surface area (TPSA) is 86.7 Å². The molecule has 0 aliphatic carbocycles. The van der Waals surface area contributed by atoms with Crippen LogP contribution in [0, 0.1) is 0 Å². The van der Waals surface area contributed by atoms with Crippen LogP contribution in [0.5, 0.6) is 0 Å². The SMILES string of the molecule is CCC(S(=O)(=O)OC)S(=O)(=O)OC. The van der Waals surface area contributed by atoms with Crippen LogP contribution in [0.3, 0.4) is 0 Å². The Labute approximate surface area is 78.1 Å². The lowest BCUT2D eigenvalue weighted by Crippen LogP contribution is -2.31. The number of hydrogen-bond acceptors (Lipinski definition) is 6. The van der Waals surface area contributed by atoms with Gasteiger partial charge >= 0.3 is 0 Å². The molecule has 0 amide bonds. The second-order valence-corrected chi connectivity index (χ2v) is 6.23. The maximum atomic E-state index is 11.1. The molecule has 0 atom stereocenters. The molecule has 0 saturated heterocycles. The molecule has 0 rings (SSSR count). The summed E-state index contributed by atoms with van der Waals surface area (Å²) in [5.41, 5.74) is 0. The third kappa shape index (κ3) is 2.90. The Morgan fingerprint density at radius 3 is 1.46 bits per heavy atom. The van der Waals surface area contributed by atoms with E-state index in [9.17, 15) is 16.8 Å². The largest absolute Gasteiger partial charge is 0.287 e. The zero-order valence-corrected chi connectivity index (χ0v) is 9.18. The van der Waals surface area contributed by atoms with Crippen molar-refractivity contribution in [3.05, 3.63) is 0 Å². The maximum Gasteiger partial charge on any atom is 0.287 e. The minimum atomic E-state index is -4.09. The molecule has 6 nitrogen and oxygen atoms in total. The summed E-state index contributed by atoms with van der Waals surface area (Å²) in [7, 11) is -6.37. The average Bonchev–Trinajstić information content (AvgIpc) is 2.05. The van der Waals surface area contributed by atoms with Crippen molar-refractivity contribution in [2.45, 2.75) is 17.9 Å². The second-order valence-electron chi connectivity index (χ2n) is 2.16. The van der Waals surface area contributed by atoms with Crippen molar-refractivity contribution in [2.24, 2.45) is 0 Å². The van der Waals surface area contributed by atoms with Crippen LogP contribution in [0.1, 0.15) is 13.3 Å². The Hall–Kier alpha value is -0.180. The fraction of sp³-hybridized carbons (Fsp3) is 1.00. The van der Waals surface area contributed by atoms with E-state index >= 15 is 0 Å². The van der Waals surface area contributed by atoms with Crippen molar-refractivity contribution in [1.29, 1.82) is 0 Å². The molecule has 0 aromatic carbocycles. The van der Waals surface area contributed by atoms with Crippen molar-refractivity contribution in [1.82, 2.24) is 0 Å². The third-order valence-electron chi connectivity index (χ3n) is 1.44. The van der Waals surface area contributed by atoms with Crippen LogP contribution in [0.15, 0.2) is 0 Å². The Morgan fingerprint density at radius 1 is 1.00 bits per heavy atom. The average molecular weight is 232 g/mol. The molecule has 0 N–H and O–H groups in total. The van der Waals surface area contributed by atoms with Crippen molar-refractivity contribution in [3.8, 4) is 0 Å². The summed E-state index contributed by atoms with van der Waals surface area (Å²) in [6.07, 6.45) is -0.119. The highest BCUT2D eigenvalue weighted by Gasteiger charge is 2.36. The summed E-state index contributed by atoms with van der Waals surface area (Å²) in [6, 6.07) is 0. The molecule has 0 aromatic rings. The molecule has 0 fully saturated rings. The summed E-state index contributed by atoms with van der Waals surface area (Å²) in [5, 5.41) is 0. The van der Waals surface area contributed by atoms with Gasteiger partial charge in [0, 0.05) is 0 Å². The molecular weight excluding hydrogens is 220 g/mol. The maximum absolute atomic E-state index is 11.1. The van der Waals surface area contributed by atoms with Crippen LogP contribution >= 0.6 is 0 Å². The second kappa shape index (κ2) is 4.36. The summed E-state index contributed by atoms with van der Waals surface area (Å²) < 4.78 is 50.7. The first-order valence-electron chi connectivity index (χ1n) is 3.40. The first-order valence-corrected chi connectivity index (χ1v) is 6.35. The van der Waals surface area contributed by atoms with Gasteiger partial charge in [-0.3, -0.25) is 8.37 Å². The van der Waals surface area contributed by atoms with E-state index in [1.165, 1.54) is 6.92 Å². The molecule has 0 unspecified atom stereocenters. The van der Waals surface area contributed by atoms with Crippen molar-refractivity contribution >= 4 is 20.2 Å². The monoisotopic (exact) mass is 232 g/mol. The molecule has 80 valence electrons. The van der Waals surface area contributed by atoms with Gasteiger partial charge in [-0.2, -0.15) is 16.8 Å². The van der Waals surface area contributed by atoms with Gasteiger partial charge in [0.1, 0.15) is 0 Å². The van der Waals surface area contributed by atoms with E-state index < -0.39 is 24.8 Å². The van der Waals surface area contributed by atoms with Gasteiger partial charge in [0.25, 0.3) is 20.2 Å². The van der Waals surface area contributed by atoms with Crippen molar-refractivity contribution < 1.29 is 25.2 Å². The molecule has 0 aliphatic heterocycles. The molecule has 0 bridgehead atoms. The van der Waals surface area contributed by atoms with Crippen LogP contribution in [-0.2, 0) is 28.6 Å². The first kappa shape index (κ1) is 12.8. The summed E-state index contributed by atoms with van der Waals surface area (Å²) in [4.78, 5) is 0. The highest BCUT2D eigenvalue weighted by Crippen LogP contribution is 2.15. The van der Waals surface area contributed by atoms with Crippen LogP contribution in [-0.4, -0.2) is 35.6 Å². The first-order chi connectivity index (χ1) is 5.81. The van der Waals surface area contributed by atoms with Crippen LogP contribution < -0.4 is 0 Å². The number of hydrogen-bond donors (Lipinski definition) is 0. The molecule has 0 radical (unpaired) electrons. The Kier molecular flexibility index (Phi) is 4.30. The van der Waals surface area contributed by atoms with Crippen LogP contribution in [0.25, 0.3) is 0 Å². The van der Waals surface area contributed by atoms with Gasteiger partial charge in [0.05, 0.1) is 14.2 Å². The highest BCUT2D eigenvalue weighted by atomic mass is 32.3. The molecular formula is C5H12O6S2. The number of rotatable bonds is 5. The van der Waals surface area contributed by atoms with E-state index in [-0.39, 0.29) is 6.42 Å². The van der Waals surface area contributed by atoms with E-state index in [0.29, 0.717) is 0 Å². The molecule has 0 aliphatic rings. The zero-order valence-electron chi connectivity index (χ0n) is 7.55. The lowest BCUT2D eigenvalue weighted by Gasteiger charge is -2.12. The molecule has 0 saturated carbocycles. The lowest BCUT2D eigenvalue weighted by molar-refractivity contribution is 0.373. The van der Waals surface area contributed by atoms with E-state index in [1.54, 1.807) is 0 Å². The highest BCUT2D eigenvalue weighted by molar-refractivity contribution is 8.04. The normalized spacial score (nSPS) is 13.5. The van der Waals surface area contributed by atoms with Gasteiger partial charge in [0.15, 0.2) is 0 Å². The molecule has 8 heteroatoms.